The molecule has 114 valence electrons. The second-order valence-electron chi connectivity index (χ2n) is 5.24. The second kappa shape index (κ2) is 5.21. The minimum absolute atomic E-state index is 0.00194. The fraction of sp³-hybridized carbons (Fsp3) is 0.333. The van der Waals surface area contributed by atoms with Crippen LogP contribution in [0.15, 0.2) is 16.9 Å². The minimum atomic E-state index is -2.73. The van der Waals surface area contributed by atoms with Gasteiger partial charge < -0.3 is 5.73 Å². The van der Waals surface area contributed by atoms with Crippen molar-refractivity contribution in [2.75, 3.05) is 5.73 Å². The third-order valence-electron chi connectivity index (χ3n) is 3.75. The fourth-order valence-electron chi connectivity index (χ4n) is 2.74. The number of nitrogens with two attached hydrogens (primary N) is 1. The van der Waals surface area contributed by atoms with Crippen LogP contribution in [0.5, 0.6) is 0 Å². The van der Waals surface area contributed by atoms with Crippen molar-refractivity contribution in [3.8, 4) is 0 Å². The summed E-state index contributed by atoms with van der Waals surface area (Å²) in [5, 5.41) is 0.215. The number of aromatic nitrogens is 2. The Morgan fingerprint density at radius 3 is 2.86 bits per heavy atom. The van der Waals surface area contributed by atoms with Gasteiger partial charge in [-0.05, 0) is 25.4 Å². The second-order valence-corrected chi connectivity index (χ2v) is 5.67. The number of rotatable bonds is 1. The van der Waals surface area contributed by atoms with Gasteiger partial charge in [0.2, 0.25) is 0 Å². The molecule has 0 aliphatic heterocycles. The molecule has 1 aromatic carbocycles. The number of hydrogen-bond acceptors (Lipinski definition) is 5. The zero-order chi connectivity index (χ0) is 18.5. The largest absolute Gasteiger partial charge is 0.398 e. The SMILES string of the molecule is [2H]C([2H])([2H])c1nc2cc(Cl)cc(N)c2c(=O)n1[C@H]1CCC(=O)CC1=O. The Balaban J connectivity index is 2.36. The van der Waals surface area contributed by atoms with Gasteiger partial charge in [-0.2, -0.15) is 0 Å². The number of carbonyl (C=O) groups is 2. The standard InChI is InChI=1S/C15H14ClN3O3/c1-7-18-11-5-8(16)4-10(17)14(11)15(22)19(7)12-3-2-9(20)6-13(12)21/h4-5,12H,2-3,6,17H2,1H3/t12-/m0/s1/i1D3. The molecule has 1 atom stereocenters. The molecular formula is C15H14ClN3O3. The van der Waals surface area contributed by atoms with Crippen LogP contribution in [0, 0.1) is 6.85 Å². The number of aryl methyl sites for hydroxylation is 1. The maximum absolute atomic E-state index is 13.0. The molecule has 0 unspecified atom stereocenters. The predicted octanol–water partition coefficient (Wildman–Crippen LogP) is 1.80. The van der Waals surface area contributed by atoms with E-state index in [-0.39, 0.29) is 46.7 Å². The van der Waals surface area contributed by atoms with Gasteiger partial charge in [-0.15, -0.1) is 0 Å². The number of nitrogen functional groups attached to an aromatic ring is 1. The van der Waals surface area contributed by atoms with Crippen LogP contribution in [0.25, 0.3) is 10.9 Å². The highest BCUT2D eigenvalue weighted by Gasteiger charge is 2.30. The highest BCUT2D eigenvalue weighted by molar-refractivity contribution is 6.31. The van der Waals surface area contributed by atoms with Crippen LogP contribution in [0.4, 0.5) is 5.69 Å². The first-order valence-corrected chi connectivity index (χ1v) is 7.03. The van der Waals surface area contributed by atoms with E-state index in [1.165, 1.54) is 12.1 Å². The van der Waals surface area contributed by atoms with Crippen LogP contribution >= 0.6 is 11.6 Å². The van der Waals surface area contributed by atoms with Crippen molar-refractivity contribution in [2.45, 2.75) is 32.2 Å². The number of benzene rings is 1. The van der Waals surface area contributed by atoms with Crippen molar-refractivity contribution < 1.29 is 13.7 Å². The number of halogens is 1. The molecule has 6 nitrogen and oxygen atoms in total. The van der Waals surface area contributed by atoms with Gasteiger partial charge in [-0.3, -0.25) is 19.0 Å². The Labute approximate surface area is 135 Å². The highest BCUT2D eigenvalue weighted by atomic mass is 35.5. The molecule has 0 radical (unpaired) electrons. The number of hydrogen-bond donors (Lipinski definition) is 1. The lowest BCUT2D eigenvalue weighted by Crippen LogP contribution is -2.36. The fourth-order valence-corrected chi connectivity index (χ4v) is 2.96. The molecule has 0 amide bonds. The molecule has 1 aliphatic carbocycles. The minimum Gasteiger partial charge on any atom is -0.398 e. The topological polar surface area (TPSA) is 95.0 Å². The lowest BCUT2D eigenvalue weighted by Gasteiger charge is -2.24. The van der Waals surface area contributed by atoms with E-state index in [2.05, 4.69) is 4.98 Å². The number of fused-ring (bicyclic) bond motifs is 1. The molecule has 2 N–H and O–H groups in total. The van der Waals surface area contributed by atoms with E-state index < -0.39 is 30.1 Å². The third-order valence-corrected chi connectivity index (χ3v) is 3.97. The van der Waals surface area contributed by atoms with E-state index in [4.69, 9.17) is 21.4 Å². The molecule has 22 heavy (non-hydrogen) atoms. The van der Waals surface area contributed by atoms with E-state index >= 15 is 0 Å². The summed E-state index contributed by atoms with van der Waals surface area (Å²) >= 11 is 5.91. The Morgan fingerprint density at radius 2 is 2.18 bits per heavy atom. The van der Waals surface area contributed by atoms with E-state index in [0.717, 1.165) is 4.57 Å². The van der Waals surface area contributed by atoms with E-state index in [1.807, 2.05) is 0 Å². The van der Waals surface area contributed by atoms with Gasteiger partial charge >= 0.3 is 0 Å². The Hall–Kier alpha value is -2.21. The summed E-state index contributed by atoms with van der Waals surface area (Å²) in [5.74, 6) is -1.25. The van der Waals surface area contributed by atoms with Crippen molar-refractivity contribution in [1.29, 1.82) is 0 Å². The number of carbonyl (C=O) groups excluding carboxylic acids is 2. The average molecular weight is 323 g/mol. The average Bonchev–Trinajstić information content (AvgIpc) is 2.46. The van der Waals surface area contributed by atoms with Gasteiger partial charge in [0.15, 0.2) is 5.78 Å². The molecule has 7 heteroatoms. The van der Waals surface area contributed by atoms with Crippen LogP contribution in [0.2, 0.25) is 5.02 Å². The quantitative estimate of drug-likeness (QED) is 0.638. The summed E-state index contributed by atoms with van der Waals surface area (Å²) in [7, 11) is 0. The number of nitrogens with zero attached hydrogens (tertiary/aromatic N) is 2. The van der Waals surface area contributed by atoms with Gasteiger partial charge in [0.05, 0.1) is 23.4 Å². The zero-order valence-electron chi connectivity index (χ0n) is 14.4. The third kappa shape index (κ3) is 2.29. The van der Waals surface area contributed by atoms with Gasteiger partial charge in [0.1, 0.15) is 11.6 Å². The van der Waals surface area contributed by atoms with Crippen molar-refractivity contribution >= 4 is 39.8 Å². The van der Waals surface area contributed by atoms with Crippen LogP contribution in [-0.2, 0) is 9.59 Å². The van der Waals surface area contributed by atoms with E-state index in [1.54, 1.807) is 0 Å². The number of Topliss-reactive ketones (excluding diaryl/α,β-unsaturated/α-hetero) is 2. The molecule has 0 spiro atoms. The molecule has 1 saturated carbocycles. The van der Waals surface area contributed by atoms with Crippen molar-refractivity contribution in [2.24, 2.45) is 0 Å². The van der Waals surface area contributed by atoms with Crippen LogP contribution in [0.3, 0.4) is 0 Å². The van der Waals surface area contributed by atoms with Crippen molar-refractivity contribution in [1.82, 2.24) is 9.55 Å². The Morgan fingerprint density at radius 1 is 1.41 bits per heavy atom. The van der Waals surface area contributed by atoms with E-state index in [0.29, 0.717) is 0 Å². The van der Waals surface area contributed by atoms with Gasteiger partial charge in [-0.25, -0.2) is 4.98 Å². The monoisotopic (exact) mass is 322 g/mol. The zero-order valence-corrected chi connectivity index (χ0v) is 12.2. The van der Waals surface area contributed by atoms with Crippen LogP contribution < -0.4 is 11.3 Å². The maximum Gasteiger partial charge on any atom is 0.264 e. The molecule has 3 rings (SSSR count). The van der Waals surface area contributed by atoms with Gasteiger partial charge in [0, 0.05) is 21.2 Å². The molecule has 1 aliphatic rings. The van der Waals surface area contributed by atoms with E-state index in [9.17, 15) is 14.4 Å². The predicted molar refractivity (Wildman–Crippen MR) is 83.1 cm³/mol. The summed E-state index contributed by atoms with van der Waals surface area (Å²) in [6, 6.07) is 1.66. The lowest BCUT2D eigenvalue weighted by molar-refractivity contribution is -0.132. The summed E-state index contributed by atoms with van der Waals surface area (Å²) in [6.45, 7) is -2.73. The van der Waals surface area contributed by atoms with Gasteiger partial charge in [-0.1, -0.05) is 11.6 Å². The summed E-state index contributed by atoms with van der Waals surface area (Å²) in [6.07, 6.45) is -0.176. The number of anilines is 1. The lowest BCUT2D eigenvalue weighted by atomic mass is 9.92. The molecule has 1 heterocycles. The van der Waals surface area contributed by atoms with Crippen LogP contribution in [0.1, 0.15) is 35.2 Å². The summed E-state index contributed by atoms with van der Waals surface area (Å²) < 4.78 is 23.9. The normalized spacial score (nSPS) is 21.5. The first-order valence-electron chi connectivity index (χ1n) is 8.15. The first kappa shape index (κ1) is 11.4. The van der Waals surface area contributed by atoms with Crippen molar-refractivity contribution in [3.05, 3.63) is 33.3 Å². The maximum atomic E-state index is 13.0. The molecular weight excluding hydrogens is 306 g/mol. The first-order chi connectivity index (χ1) is 11.6. The molecule has 0 bridgehead atoms. The smallest absolute Gasteiger partial charge is 0.264 e. The number of ketones is 2. The Kier molecular flexibility index (Phi) is 2.69. The molecule has 0 saturated heterocycles. The van der Waals surface area contributed by atoms with Crippen LogP contribution in [-0.4, -0.2) is 21.1 Å². The molecule has 1 aromatic heterocycles. The Bertz CT molecular complexity index is 968. The molecule has 1 fully saturated rings. The summed E-state index contributed by atoms with van der Waals surface area (Å²) in [5.41, 5.74) is 5.23. The molecule has 2 aromatic rings. The van der Waals surface area contributed by atoms with Gasteiger partial charge in [0.25, 0.3) is 5.56 Å². The summed E-state index contributed by atoms with van der Waals surface area (Å²) in [4.78, 5) is 40.7. The van der Waals surface area contributed by atoms with Crippen molar-refractivity contribution in [3.63, 3.8) is 0 Å². The highest BCUT2D eigenvalue weighted by Crippen LogP contribution is 2.26.